The largest absolute Gasteiger partial charge is 0.481 e. The molecule has 3 rings (SSSR count). The fourth-order valence-corrected chi connectivity index (χ4v) is 3.83. The van der Waals surface area contributed by atoms with E-state index in [-0.39, 0.29) is 0 Å². The van der Waals surface area contributed by atoms with E-state index in [0.717, 1.165) is 18.2 Å². The molecule has 118 valence electrons. The average molecular weight is 316 g/mol. The van der Waals surface area contributed by atoms with E-state index in [9.17, 15) is 0 Å². The summed E-state index contributed by atoms with van der Waals surface area (Å²) in [6, 6.07) is 8.27. The zero-order valence-electron chi connectivity index (χ0n) is 13.2. The molecule has 0 aliphatic carbocycles. The molecule has 2 aromatic heterocycles. The second-order valence-electron chi connectivity index (χ2n) is 6.06. The van der Waals surface area contributed by atoms with Gasteiger partial charge in [0.2, 0.25) is 5.88 Å². The molecule has 0 unspecified atom stereocenters. The van der Waals surface area contributed by atoms with Crippen molar-refractivity contribution < 1.29 is 4.74 Å². The van der Waals surface area contributed by atoms with Crippen molar-refractivity contribution in [1.82, 2.24) is 9.88 Å². The fraction of sp³-hybridized carbons (Fsp3) is 0.500. The maximum Gasteiger partial charge on any atom is 0.213 e. The van der Waals surface area contributed by atoms with Gasteiger partial charge < -0.3 is 4.74 Å². The summed E-state index contributed by atoms with van der Waals surface area (Å²) in [5, 5.41) is 4.46. The van der Waals surface area contributed by atoms with Crippen LogP contribution < -0.4 is 4.74 Å². The van der Waals surface area contributed by atoms with Gasteiger partial charge in [-0.2, -0.15) is 11.3 Å². The SMILES string of the molecule is COc1cccc(CN2CCC(CCc3ccsc3)CC2)n1. The maximum absolute atomic E-state index is 5.20. The van der Waals surface area contributed by atoms with Crippen LogP contribution in [0, 0.1) is 5.92 Å². The number of ether oxygens (including phenoxy) is 1. The van der Waals surface area contributed by atoms with Gasteiger partial charge >= 0.3 is 0 Å². The Morgan fingerprint density at radius 1 is 1.27 bits per heavy atom. The first-order chi connectivity index (χ1) is 10.8. The van der Waals surface area contributed by atoms with Gasteiger partial charge in [-0.3, -0.25) is 4.90 Å². The summed E-state index contributed by atoms with van der Waals surface area (Å²) in [4.78, 5) is 7.03. The highest BCUT2D eigenvalue weighted by atomic mass is 32.1. The molecule has 0 bridgehead atoms. The van der Waals surface area contributed by atoms with Crippen LogP contribution in [-0.2, 0) is 13.0 Å². The quantitative estimate of drug-likeness (QED) is 0.805. The van der Waals surface area contributed by atoms with E-state index in [0.29, 0.717) is 5.88 Å². The first kappa shape index (κ1) is 15.5. The van der Waals surface area contributed by atoms with Crippen LogP contribution in [0.5, 0.6) is 5.88 Å². The van der Waals surface area contributed by atoms with Gasteiger partial charge in [-0.25, -0.2) is 4.98 Å². The number of hydrogen-bond acceptors (Lipinski definition) is 4. The fourth-order valence-electron chi connectivity index (χ4n) is 3.13. The van der Waals surface area contributed by atoms with Crippen molar-refractivity contribution in [3.63, 3.8) is 0 Å². The Kier molecular flexibility index (Phi) is 5.46. The minimum absolute atomic E-state index is 0.711. The zero-order valence-corrected chi connectivity index (χ0v) is 14.0. The van der Waals surface area contributed by atoms with E-state index in [2.05, 4.69) is 32.8 Å². The molecule has 0 atom stereocenters. The minimum atomic E-state index is 0.711. The van der Waals surface area contributed by atoms with E-state index >= 15 is 0 Å². The molecule has 0 N–H and O–H groups in total. The van der Waals surface area contributed by atoms with Crippen molar-refractivity contribution in [2.75, 3.05) is 20.2 Å². The van der Waals surface area contributed by atoms with Gasteiger partial charge in [0.05, 0.1) is 12.8 Å². The normalized spacial score (nSPS) is 16.8. The third-order valence-corrected chi connectivity index (χ3v) is 5.24. The highest BCUT2D eigenvalue weighted by molar-refractivity contribution is 7.07. The highest BCUT2D eigenvalue weighted by Crippen LogP contribution is 2.24. The molecule has 3 nitrogen and oxygen atoms in total. The third kappa shape index (κ3) is 4.31. The first-order valence-corrected chi connectivity index (χ1v) is 9.01. The topological polar surface area (TPSA) is 25.4 Å². The summed E-state index contributed by atoms with van der Waals surface area (Å²) in [6.07, 6.45) is 5.20. The van der Waals surface area contributed by atoms with Gasteiger partial charge in [-0.15, -0.1) is 0 Å². The molecular weight excluding hydrogens is 292 g/mol. The lowest BCUT2D eigenvalue weighted by Crippen LogP contribution is -2.33. The highest BCUT2D eigenvalue weighted by Gasteiger charge is 2.19. The Bertz CT molecular complexity index is 562. The van der Waals surface area contributed by atoms with E-state index < -0.39 is 0 Å². The van der Waals surface area contributed by atoms with Gasteiger partial charge in [0.1, 0.15) is 0 Å². The molecule has 1 aliphatic heterocycles. The standard InChI is InChI=1S/C18H24N2OS/c1-21-18-4-2-3-17(19-18)13-20-10-7-15(8-11-20)5-6-16-9-12-22-14-16/h2-4,9,12,14-15H,5-8,10-11,13H2,1H3. The van der Waals surface area contributed by atoms with Gasteiger partial charge in [0, 0.05) is 12.6 Å². The van der Waals surface area contributed by atoms with Crippen molar-refractivity contribution in [2.45, 2.75) is 32.2 Å². The number of hydrogen-bond donors (Lipinski definition) is 0. The van der Waals surface area contributed by atoms with Crippen molar-refractivity contribution in [2.24, 2.45) is 5.92 Å². The summed E-state index contributed by atoms with van der Waals surface area (Å²) < 4.78 is 5.20. The number of thiophene rings is 1. The number of piperidine rings is 1. The average Bonchev–Trinajstić information content (AvgIpc) is 3.08. The summed E-state index contributed by atoms with van der Waals surface area (Å²) in [7, 11) is 1.67. The van der Waals surface area contributed by atoms with Crippen molar-refractivity contribution in [1.29, 1.82) is 0 Å². The first-order valence-electron chi connectivity index (χ1n) is 8.07. The molecule has 0 radical (unpaired) electrons. The van der Waals surface area contributed by atoms with E-state index in [1.165, 1.54) is 44.3 Å². The van der Waals surface area contributed by atoms with Crippen LogP contribution in [0.2, 0.25) is 0 Å². The summed E-state index contributed by atoms with van der Waals surface area (Å²) in [5.41, 5.74) is 2.61. The molecule has 0 amide bonds. The third-order valence-electron chi connectivity index (χ3n) is 4.50. The van der Waals surface area contributed by atoms with Gasteiger partial charge in [0.25, 0.3) is 0 Å². The monoisotopic (exact) mass is 316 g/mol. The molecule has 4 heteroatoms. The molecule has 1 aliphatic rings. The summed E-state index contributed by atoms with van der Waals surface area (Å²) in [6.45, 7) is 3.31. The summed E-state index contributed by atoms with van der Waals surface area (Å²) in [5.74, 6) is 1.59. The Morgan fingerprint density at radius 3 is 2.86 bits per heavy atom. The van der Waals surface area contributed by atoms with Crippen LogP contribution in [0.25, 0.3) is 0 Å². The number of nitrogens with zero attached hydrogens (tertiary/aromatic N) is 2. The van der Waals surface area contributed by atoms with Gasteiger partial charge in [-0.1, -0.05) is 6.07 Å². The Labute approximate surface area is 137 Å². The van der Waals surface area contributed by atoms with Gasteiger partial charge in [0.15, 0.2) is 0 Å². The number of aromatic nitrogens is 1. The predicted molar refractivity (Wildman–Crippen MR) is 91.4 cm³/mol. The lowest BCUT2D eigenvalue weighted by Gasteiger charge is -2.31. The number of aryl methyl sites for hydroxylation is 1. The predicted octanol–water partition coefficient (Wildman–Crippen LogP) is 4.00. The van der Waals surface area contributed by atoms with Crippen LogP contribution in [0.4, 0.5) is 0 Å². The van der Waals surface area contributed by atoms with Crippen LogP contribution in [0.15, 0.2) is 35.0 Å². The smallest absolute Gasteiger partial charge is 0.213 e. The molecular formula is C18H24N2OS. The van der Waals surface area contributed by atoms with Crippen LogP contribution >= 0.6 is 11.3 Å². The van der Waals surface area contributed by atoms with Crippen molar-refractivity contribution in [3.05, 3.63) is 46.3 Å². The second-order valence-corrected chi connectivity index (χ2v) is 6.84. The Morgan fingerprint density at radius 2 is 2.14 bits per heavy atom. The van der Waals surface area contributed by atoms with Gasteiger partial charge in [-0.05, 0) is 73.1 Å². The number of pyridine rings is 1. The lowest BCUT2D eigenvalue weighted by molar-refractivity contribution is 0.170. The maximum atomic E-state index is 5.20. The number of methoxy groups -OCH3 is 1. The van der Waals surface area contributed by atoms with E-state index in [4.69, 9.17) is 4.74 Å². The van der Waals surface area contributed by atoms with Crippen LogP contribution in [0.1, 0.15) is 30.5 Å². The van der Waals surface area contributed by atoms with E-state index in [1.807, 2.05) is 12.1 Å². The van der Waals surface area contributed by atoms with Crippen molar-refractivity contribution in [3.8, 4) is 5.88 Å². The molecule has 0 aromatic carbocycles. The van der Waals surface area contributed by atoms with Crippen LogP contribution in [-0.4, -0.2) is 30.1 Å². The Balaban J connectivity index is 1.43. The molecule has 3 heterocycles. The molecule has 1 fully saturated rings. The minimum Gasteiger partial charge on any atom is -0.481 e. The number of likely N-dealkylation sites (tertiary alicyclic amines) is 1. The molecule has 2 aromatic rings. The molecule has 22 heavy (non-hydrogen) atoms. The summed E-state index contributed by atoms with van der Waals surface area (Å²) >= 11 is 1.81. The van der Waals surface area contributed by atoms with E-state index in [1.54, 1.807) is 18.4 Å². The number of rotatable bonds is 6. The molecule has 1 saturated heterocycles. The Hall–Kier alpha value is -1.39. The van der Waals surface area contributed by atoms with Crippen LogP contribution in [0.3, 0.4) is 0 Å². The molecule has 0 spiro atoms. The lowest BCUT2D eigenvalue weighted by atomic mass is 9.91. The zero-order chi connectivity index (χ0) is 15.2. The van der Waals surface area contributed by atoms with Crippen molar-refractivity contribution >= 4 is 11.3 Å². The molecule has 0 saturated carbocycles. The second kappa shape index (κ2) is 7.75.